The van der Waals surface area contributed by atoms with Crippen LogP contribution in [0.3, 0.4) is 0 Å². The molecule has 27 heavy (non-hydrogen) atoms. The Bertz CT molecular complexity index is 716. The molecule has 1 atom stereocenters. The van der Waals surface area contributed by atoms with Crippen LogP contribution in [0, 0.1) is 5.92 Å². The predicted octanol–water partition coefficient (Wildman–Crippen LogP) is 3.44. The van der Waals surface area contributed by atoms with E-state index in [1.54, 1.807) is 0 Å². The third-order valence-corrected chi connectivity index (χ3v) is 4.72. The van der Waals surface area contributed by atoms with Gasteiger partial charge in [0.25, 0.3) is 0 Å². The molecule has 146 valence electrons. The number of benzene rings is 1. The highest BCUT2D eigenvalue weighted by Crippen LogP contribution is 2.19. The summed E-state index contributed by atoms with van der Waals surface area (Å²) in [5, 5.41) is 9.92. The van der Waals surface area contributed by atoms with Crippen molar-refractivity contribution in [3.05, 3.63) is 42.0 Å². The first-order valence-corrected chi connectivity index (χ1v) is 9.75. The van der Waals surface area contributed by atoms with Gasteiger partial charge in [-0.1, -0.05) is 43.6 Å². The molecule has 1 aliphatic rings. The maximum atomic E-state index is 12.1. The summed E-state index contributed by atoms with van der Waals surface area (Å²) in [6, 6.07) is 9.57. The number of carbonyl (C=O) groups is 1. The van der Waals surface area contributed by atoms with Crippen molar-refractivity contribution < 1.29 is 9.32 Å². The quantitative estimate of drug-likeness (QED) is 0.779. The van der Waals surface area contributed by atoms with Crippen molar-refractivity contribution in [3.8, 4) is 0 Å². The third-order valence-electron chi connectivity index (χ3n) is 4.72. The fraction of sp³-hybridized carbons (Fsp3) is 0.550. The molecule has 0 spiro atoms. The molecule has 2 N–H and O–H groups in total. The summed E-state index contributed by atoms with van der Waals surface area (Å²) in [6.45, 7) is 6.50. The van der Waals surface area contributed by atoms with Crippen molar-refractivity contribution in [2.24, 2.45) is 5.92 Å². The number of hydrogen-bond donors (Lipinski definition) is 2. The lowest BCUT2D eigenvalue weighted by atomic mass is 10.0. The number of hydrogen-bond acceptors (Lipinski definition) is 5. The molecule has 1 aromatic heterocycles. The molecular formula is C20H29N5O2. The molecule has 0 aliphatic carbocycles. The number of anilines is 1. The fourth-order valence-electron chi connectivity index (χ4n) is 3.38. The Morgan fingerprint density at radius 3 is 2.89 bits per heavy atom. The number of nitrogens with zero attached hydrogens (tertiary/aromatic N) is 3. The van der Waals surface area contributed by atoms with E-state index in [1.165, 1.54) is 6.42 Å². The summed E-state index contributed by atoms with van der Waals surface area (Å²) in [6.07, 6.45) is 4.21. The Kier molecular flexibility index (Phi) is 6.81. The normalized spacial score (nSPS) is 17.8. The summed E-state index contributed by atoms with van der Waals surface area (Å²) in [5.41, 5.74) is 0.791. The lowest BCUT2D eigenvalue weighted by molar-refractivity contribution is 0.123. The number of aromatic nitrogens is 2. The zero-order valence-corrected chi connectivity index (χ0v) is 16.1. The van der Waals surface area contributed by atoms with Gasteiger partial charge >= 0.3 is 6.03 Å². The average molecular weight is 371 g/mol. The van der Waals surface area contributed by atoms with Gasteiger partial charge < -0.3 is 15.2 Å². The Morgan fingerprint density at radius 1 is 1.30 bits per heavy atom. The van der Waals surface area contributed by atoms with Crippen molar-refractivity contribution in [2.45, 2.75) is 52.1 Å². The zero-order valence-electron chi connectivity index (χ0n) is 16.1. The van der Waals surface area contributed by atoms with E-state index in [0.717, 1.165) is 37.3 Å². The van der Waals surface area contributed by atoms with Crippen LogP contribution in [-0.4, -0.2) is 40.2 Å². The first-order chi connectivity index (χ1) is 13.1. The zero-order chi connectivity index (χ0) is 19.1. The first-order valence-electron chi connectivity index (χ1n) is 9.75. The molecule has 2 amide bonds. The van der Waals surface area contributed by atoms with Crippen molar-refractivity contribution >= 4 is 11.7 Å². The van der Waals surface area contributed by atoms with Crippen LogP contribution < -0.4 is 10.6 Å². The Morgan fingerprint density at radius 2 is 2.11 bits per heavy atom. The van der Waals surface area contributed by atoms with Gasteiger partial charge in [0.15, 0.2) is 5.82 Å². The second-order valence-corrected chi connectivity index (χ2v) is 7.52. The van der Waals surface area contributed by atoms with E-state index in [2.05, 4.69) is 39.5 Å². The molecule has 0 radical (unpaired) electrons. The number of piperidine rings is 1. The van der Waals surface area contributed by atoms with Crippen LogP contribution >= 0.6 is 0 Å². The highest BCUT2D eigenvalue weighted by molar-refractivity contribution is 5.89. The van der Waals surface area contributed by atoms with Crippen molar-refractivity contribution in [2.75, 3.05) is 18.4 Å². The fourth-order valence-corrected chi connectivity index (χ4v) is 3.38. The van der Waals surface area contributed by atoms with E-state index in [1.807, 2.05) is 30.3 Å². The van der Waals surface area contributed by atoms with Crippen molar-refractivity contribution in [1.29, 1.82) is 0 Å². The SMILES string of the molecule is CC(C)Cc1noc(CN2CCCC[C@H]2CNC(=O)Nc2ccccc2)n1. The lowest BCUT2D eigenvalue weighted by Gasteiger charge is -2.34. The molecule has 1 aromatic carbocycles. The van der Waals surface area contributed by atoms with Crippen LogP contribution in [0.15, 0.2) is 34.9 Å². The summed E-state index contributed by atoms with van der Waals surface area (Å²) in [5.74, 6) is 1.94. The number of urea groups is 1. The summed E-state index contributed by atoms with van der Waals surface area (Å²) in [4.78, 5) is 19.0. The monoisotopic (exact) mass is 371 g/mol. The van der Waals surface area contributed by atoms with Gasteiger partial charge in [0.05, 0.1) is 6.54 Å². The third kappa shape index (κ3) is 6.06. The molecule has 0 bridgehead atoms. The van der Waals surface area contributed by atoms with Gasteiger partial charge in [-0.3, -0.25) is 4.90 Å². The molecule has 2 aromatic rings. The minimum atomic E-state index is -0.177. The summed E-state index contributed by atoms with van der Waals surface area (Å²) >= 11 is 0. The Labute approximate surface area is 160 Å². The van der Waals surface area contributed by atoms with Gasteiger partial charge in [-0.25, -0.2) is 4.79 Å². The van der Waals surface area contributed by atoms with E-state index >= 15 is 0 Å². The molecule has 7 heteroatoms. The highest BCUT2D eigenvalue weighted by atomic mass is 16.5. The molecule has 2 heterocycles. The molecule has 3 rings (SSSR count). The molecule has 1 saturated heterocycles. The second kappa shape index (κ2) is 9.50. The Balaban J connectivity index is 1.51. The van der Waals surface area contributed by atoms with Gasteiger partial charge in [-0.2, -0.15) is 4.98 Å². The van der Waals surface area contributed by atoms with Crippen molar-refractivity contribution in [1.82, 2.24) is 20.4 Å². The van der Waals surface area contributed by atoms with Crippen LogP contribution in [0.5, 0.6) is 0 Å². The van der Waals surface area contributed by atoms with Crippen LogP contribution in [0.4, 0.5) is 10.5 Å². The average Bonchev–Trinajstić information content (AvgIpc) is 3.08. The van der Waals surface area contributed by atoms with Crippen LogP contribution in [0.25, 0.3) is 0 Å². The molecule has 1 fully saturated rings. The largest absolute Gasteiger partial charge is 0.338 e. The molecule has 1 aliphatic heterocycles. The van der Waals surface area contributed by atoms with Gasteiger partial charge in [0.2, 0.25) is 5.89 Å². The number of para-hydroxylation sites is 1. The topological polar surface area (TPSA) is 83.3 Å². The minimum absolute atomic E-state index is 0.177. The van der Waals surface area contributed by atoms with Crippen LogP contribution in [-0.2, 0) is 13.0 Å². The second-order valence-electron chi connectivity index (χ2n) is 7.52. The van der Waals surface area contributed by atoms with Crippen molar-refractivity contribution in [3.63, 3.8) is 0 Å². The standard InChI is InChI=1S/C20H29N5O2/c1-15(2)12-18-23-19(27-24-18)14-25-11-7-6-10-17(25)13-21-20(26)22-16-8-4-3-5-9-16/h3-5,8-9,15,17H,6-7,10-14H2,1-2H3,(H2,21,22,26)/t17-/m0/s1. The molecule has 0 unspecified atom stereocenters. The first kappa shape index (κ1) is 19.4. The number of nitrogens with one attached hydrogen (secondary N) is 2. The summed E-state index contributed by atoms with van der Waals surface area (Å²) in [7, 11) is 0. The number of rotatable bonds is 7. The van der Waals surface area contributed by atoms with Gasteiger partial charge in [0, 0.05) is 24.7 Å². The van der Waals surface area contributed by atoms with Crippen LogP contribution in [0.1, 0.15) is 44.8 Å². The number of amides is 2. The predicted molar refractivity (Wildman–Crippen MR) is 104 cm³/mol. The molecular weight excluding hydrogens is 342 g/mol. The lowest BCUT2D eigenvalue weighted by Crippen LogP contribution is -2.47. The maximum absolute atomic E-state index is 12.1. The van der Waals surface area contributed by atoms with Gasteiger partial charge in [-0.05, 0) is 37.4 Å². The number of carbonyl (C=O) groups excluding carboxylic acids is 1. The van der Waals surface area contributed by atoms with E-state index in [0.29, 0.717) is 24.9 Å². The highest BCUT2D eigenvalue weighted by Gasteiger charge is 2.25. The molecule has 0 saturated carbocycles. The smallest absolute Gasteiger partial charge is 0.319 e. The van der Waals surface area contributed by atoms with E-state index < -0.39 is 0 Å². The van der Waals surface area contributed by atoms with E-state index in [4.69, 9.17) is 4.52 Å². The number of likely N-dealkylation sites (tertiary alicyclic amines) is 1. The van der Waals surface area contributed by atoms with E-state index in [-0.39, 0.29) is 12.1 Å². The molecule has 7 nitrogen and oxygen atoms in total. The Hall–Kier alpha value is -2.41. The van der Waals surface area contributed by atoms with E-state index in [9.17, 15) is 4.79 Å². The summed E-state index contributed by atoms with van der Waals surface area (Å²) < 4.78 is 5.42. The van der Waals surface area contributed by atoms with Gasteiger partial charge in [-0.15, -0.1) is 0 Å². The van der Waals surface area contributed by atoms with Gasteiger partial charge in [0.1, 0.15) is 0 Å². The maximum Gasteiger partial charge on any atom is 0.319 e. The van der Waals surface area contributed by atoms with Crippen LogP contribution in [0.2, 0.25) is 0 Å². The minimum Gasteiger partial charge on any atom is -0.338 e.